The highest BCUT2D eigenvalue weighted by molar-refractivity contribution is 5.53. The molecule has 0 aromatic carbocycles. The van der Waals surface area contributed by atoms with Crippen molar-refractivity contribution < 1.29 is 25.2 Å². The molecule has 5 heteroatoms. The van der Waals surface area contributed by atoms with Gasteiger partial charge in [-0.2, -0.15) is 0 Å². The van der Waals surface area contributed by atoms with Crippen molar-refractivity contribution >= 4 is 6.16 Å². The van der Waals surface area contributed by atoms with Crippen molar-refractivity contribution in [2.75, 3.05) is 13.2 Å². The van der Waals surface area contributed by atoms with Gasteiger partial charge in [0.25, 0.3) is 0 Å². The van der Waals surface area contributed by atoms with Crippen LogP contribution < -0.4 is 0 Å². The largest absolute Gasteiger partial charge is 0.503 e. The summed E-state index contributed by atoms with van der Waals surface area (Å²) in [6.45, 7) is 26.5. The summed E-state index contributed by atoms with van der Waals surface area (Å²) in [6, 6.07) is 0. The Kier molecular flexibility index (Phi) is 20.2. The summed E-state index contributed by atoms with van der Waals surface area (Å²) in [5.41, 5.74) is 0.738. The molecule has 4 N–H and O–H groups in total. The zero-order valence-electron chi connectivity index (χ0n) is 20.2. The first-order chi connectivity index (χ1) is 11.7. The van der Waals surface area contributed by atoms with Crippen molar-refractivity contribution in [2.24, 2.45) is 28.1 Å². The minimum absolute atomic E-state index is 0.0451. The minimum Gasteiger partial charge on any atom is -0.450 e. The fourth-order valence-electron chi connectivity index (χ4n) is 2.50. The zero-order chi connectivity index (χ0) is 23.1. The fourth-order valence-corrected chi connectivity index (χ4v) is 2.50. The predicted octanol–water partition coefficient (Wildman–Crippen LogP) is 6.38. The van der Waals surface area contributed by atoms with Crippen LogP contribution >= 0.6 is 0 Å². The van der Waals surface area contributed by atoms with E-state index in [0.717, 1.165) is 11.8 Å². The molecule has 0 heterocycles. The van der Waals surface area contributed by atoms with Gasteiger partial charge in [0, 0.05) is 5.41 Å². The Labute approximate surface area is 169 Å². The van der Waals surface area contributed by atoms with Crippen LogP contribution in [0.25, 0.3) is 0 Å². The maximum Gasteiger partial charge on any atom is 0.503 e. The second-order valence-corrected chi connectivity index (χ2v) is 11.1. The molecule has 0 radical (unpaired) electrons. The molecule has 168 valence electrons. The average Bonchev–Trinajstić information content (AvgIpc) is 2.33. The summed E-state index contributed by atoms with van der Waals surface area (Å²) in [7, 11) is 0. The Morgan fingerprint density at radius 2 is 0.852 bits per heavy atom. The minimum atomic E-state index is -1.83. The molecular formula is C22H50O5. The molecule has 0 rings (SSSR count). The van der Waals surface area contributed by atoms with Gasteiger partial charge in [-0.1, -0.05) is 83.1 Å². The number of hydrogen-bond donors (Lipinski definition) is 4. The average molecular weight is 395 g/mol. The number of hydrogen-bond acceptors (Lipinski definition) is 3. The summed E-state index contributed by atoms with van der Waals surface area (Å²) >= 11 is 0. The highest BCUT2D eigenvalue weighted by atomic mass is 16.6. The number of aliphatic hydroxyl groups excluding tert-OH is 2. The van der Waals surface area contributed by atoms with Crippen molar-refractivity contribution in [3.8, 4) is 0 Å². The lowest BCUT2D eigenvalue weighted by Gasteiger charge is -2.20. The molecule has 0 unspecified atom stereocenters. The lowest BCUT2D eigenvalue weighted by Crippen LogP contribution is -2.20. The number of carboxylic acid groups (broad SMARTS) is 2. The molecule has 0 amide bonds. The van der Waals surface area contributed by atoms with Crippen LogP contribution in [-0.2, 0) is 0 Å². The van der Waals surface area contributed by atoms with E-state index in [1.807, 2.05) is 0 Å². The SMILES string of the molecule is CC(C)(CO)CO.CC(C)CC(C)(C)C.CC(C)CC(C)(C)C.O=C(O)O. The van der Waals surface area contributed by atoms with E-state index >= 15 is 0 Å². The summed E-state index contributed by atoms with van der Waals surface area (Å²) in [6.07, 6.45) is 0.819. The molecule has 0 aliphatic carbocycles. The first-order valence-electron chi connectivity index (χ1n) is 9.82. The normalized spacial score (nSPS) is 11.6. The highest BCUT2D eigenvalue weighted by Crippen LogP contribution is 2.23. The monoisotopic (exact) mass is 394 g/mol. The molecule has 0 aromatic heterocycles. The Morgan fingerprint density at radius 1 is 0.667 bits per heavy atom. The van der Waals surface area contributed by atoms with Gasteiger partial charge in [-0.15, -0.1) is 0 Å². The molecule has 0 saturated heterocycles. The van der Waals surface area contributed by atoms with Crippen molar-refractivity contribution in [1.29, 1.82) is 0 Å². The van der Waals surface area contributed by atoms with Crippen LogP contribution in [0.4, 0.5) is 4.79 Å². The molecule has 0 aliphatic heterocycles. The van der Waals surface area contributed by atoms with Crippen LogP contribution in [0.1, 0.15) is 95.9 Å². The first-order valence-corrected chi connectivity index (χ1v) is 9.82. The first kappa shape index (κ1) is 33.8. The van der Waals surface area contributed by atoms with E-state index in [1.54, 1.807) is 13.8 Å². The lowest BCUT2D eigenvalue weighted by molar-refractivity contribution is 0.0857. The van der Waals surface area contributed by atoms with E-state index in [1.165, 1.54) is 12.8 Å². The number of aliphatic hydroxyl groups is 2. The zero-order valence-corrected chi connectivity index (χ0v) is 20.2. The van der Waals surface area contributed by atoms with Crippen LogP contribution in [0.5, 0.6) is 0 Å². The van der Waals surface area contributed by atoms with E-state index in [4.69, 9.17) is 25.2 Å². The van der Waals surface area contributed by atoms with Gasteiger partial charge in [-0.25, -0.2) is 4.79 Å². The van der Waals surface area contributed by atoms with Crippen LogP contribution in [0.3, 0.4) is 0 Å². The topological polar surface area (TPSA) is 98.0 Å². The third kappa shape index (κ3) is 58.7. The Morgan fingerprint density at radius 3 is 0.852 bits per heavy atom. The predicted molar refractivity (Wildman–Crippen MR) is 116 cm³/mol. The van der Waals surface area contributed by atoms with E-state index in [2.05, 4.69) is 69.2 Å². The molecule has 0 bridgehead atoms. The molecule has 0 aliphatic rings. The van der Waals surface area contributed by atoms with Crippen molar-refractivity contribution in [2.45, 2.75) is 95.9 Å². The van der Waals surface area contributed by atoms with Gasteiger partial charge in [0.2, 0.25) is 0 Å². The molecule has 0 atom stereocenters. The quantitative estimate of drug-likeness (QED) is 0.443. The summed E-state index contributed by atoms with van der Waals surface area (Å²) < 4.78 is 0. The van der Waals surface area contributed by atoms with Gasteiger partial charge >= 0.3 is 6.16 Å². The summed E-state index contributed by atoms with van der Waals surface area (Å²) in [5.74, 6) is 1.69. The van der Waals surface area contributed by atoms with Crippen molar-refractivity contribution in [3.05, 3.63) is 0 Å². The number of rotatable bonds is 4. The van der Waals surface area contributed by atoms with Gasteiger partial charge in [0.1, 0.15) is 0 Å². The van der Waals surface area contributed by atoms with Crippen LogP contribution in [0, 0.1) is 28.1 Å². The molecule has 0 aromatic rings. The van der Waals surface area contributed by atoms with Gasteiger partial charge in [-0.3, -0.25) is 0 Å². The van der Waals surface area contributed by atoms with Gasteiger partial charge in [-0.05, 0) is 35.5 Å². The maximum atomic E-state index is 8.56. The van der Waals surface area contributed by atoms with Crippen LogP contribution in [-0.4, -0.2) is 39.8 Å². The molecular weight excluding hydrogens is 344 g/mol. The van der Waals surface area contributed by atoms with Gasteiger partial charge < -0.3 is 20.4 Å². The lowest BCUT2D eigenvalue weighted by atomic mass is 9.86. The summed E-state index contributed by atoms with van der Waals surface area (Å²) in [5, 5.41) is 30.8. The van der Waals surface area contributed by atoms with Crippen molar-refractivity contribution in [3.63, 3.8) is 0 Å². The Hall–Kier alpha value is -0.810. The highest BCUT2D eigenvalue weighted by Gasteiger charge is 2.13. The van der Waals surface area contributed by atoms with Crippen LogP contribution in [0.15, 0.2) is 0 Å². The Bertz CT molecular complexity index is 304. The molecule has 0 spiro atoms. The second-order valence-electron chi connectivity index (χ2n) is 11.1. The van der Waals surface area contributed by atoms with Crippen LogP contribution in [0.2, 0.25) is 0 Å². The van der Waals surface area contributed by atoms with Crippen molar-refractivity contribution in [1.82, 2.24) is 0 Å². The molecule has 0 saturated carbocycles. The standard InChI is InChI=1S/2C8H18.C5H12O2.CH2O3/c2*1-7(2)6-8(3,4)5;1-5(2,3-6)4-7;2-1(3)4/h2*7H,6H2,1-5H3;6-7H,3-4H2,1-2H3;(H2,2,3,4). The number of carbonyl (C=O) groups is 1. The fraction of sp³-hybridized carbons (Fsp3) is 0.955. The smallest absolute Gasteiger partial charge is 0.450 e. The third-order valence-electron chi connectivity index (χ3n) is 2.90. The summed E-state index contributed by atoms with van der Waals surface area (Å²) in [4.78, 5) is 8.56. The van der Waals surface area contributed by atoms with E-state index in [0.29, 0.717) is 10.8 Å². The molecule has 5 nitrogen and oxygen atoms in total. The maximum absolute atomic E-state index is 8.56. The second kappa shape index (κ2) is 16.2. The third-order valence-corrected chi connectivity index (χ3v) is 2.90. The van der Waals surface area contributed by atoms with Gasteiger partial charge in [0.05, 0.1) is 13.2 Å². The van der Waals surface area contributed by atoms with E-state index in [9.17, 15) is 0 Å². The van der Waals surface area contributed by atoms with E-state index in [-0.39, 0.29) is 18.6 Å². The van der Waals surface area contributed by atoms with E-state index < -0.39 is 6.16 Å². The van der Waals surface area contributed by atoms with Gasteiger partial charge in [0.15, 0.2) is 0 Å². The molecule has 0 fully saturated rings. The Balaban J connectivity index is -0.000000134. The molecule has 27 heavy (non-hydrogen) atoms.